The summed E-state index contributed by atoms with van der Waals surface area (Å²) in [6.45, 7) is 3.91. The zero-order valence-corrected chi connectivity index (χ0v) is 12.6. The highest BCUT2D eigenvalue weighted by atomic mass is 35.5. The van der Waals surface area contributed by atoms with Gasteiger partial charge in [-0.25, -0.2) is 4.39 Å². The van der Waals surface area contributed by atoms with Crippen LogP contribution in [0.3, 0.4) is 0 Å². The molecule has 0 bridgehead atoms. The Morgan fingerprint density at radius 2 is 2.10 bits per heavy atom. The van der Waals surface area contributed by atoms with Crippen LogP contribution in [0.15, 0.2) is 18.2 Å². The number of piperidine rings is 1. The maximum absolute atomic E-state index is 13.2. The molecule has 1 aliphatic rings. The van der Waals surface area contributed by atoms with Gasteiger partial charge in [-0.05, 0) is 50.0 Å². The van der Waals surface area contributed by atoms with Gasteiger partial charge in [0.1, 0.15) is 11.6 Å². The number of ketones is 1. The average Bonchev–Trinajstić information content (AvgIpc) is 2.44. The van der Waals surface area contributed by atoms with Crippen LogP contribution >= 0.6 is 11.6 Å². The van der Waals surface area contributed by atoms with Gasteiger partial charge in [0.15, 0.2) is 0 Å². The Labute approximate surface area is 124 Å². The molecule has 0 aliphatic carbocycles. The molecule has 0 saturated carbocycles. The molecule has 1 N–H and O–H groups in total. The van der Waals surface area contributed by atoms with E-state index in [0.29, 0.717) is 6.42 Å². The molecule has 1 aliphatic heterocycles. The molecule has 0 amide bonds. The van der Waals surface area contributed by atoms with E-state index in [2.05, 4.69) is 12.2 Å². The van der Waals surface area contributed by atoms with E-state index in [1.807, 2.05) is 0 Å². The fourth-order valence-corrected chi connectivity index (χ4v) is 3.28. The van der Waals surface area contributed by atoms with E-state index >= 15 is 0 Å². The van der Waals surface area contributed by atoms with Crippen LogP contribution in [0, 0.1) is 11.2 Å². The molecule has 20 heavy (non-hydrogen) atoms. The topological polar surface area (TPSA) is 29.1 Å². The quantitative estimate of drug-likeness (QED) is 0.896. The molecule has 110 valence electrons. The lowest BCUT2D eigenvalue weighted by Gasteiger charge is -2.36. The Morgan fingerprint density at radius 1 is 1.40 bits per heavy atom. The summed E-state index contributed by atoms with van der Waals surface area (Å²) >= 11 is 5.78. The van der Waals surface area contributed by atoms with Crippen LogP contribution in [0.4, 0.5) is 4.39 Å². The van der Waals surface area contributed by atoms with Crippen LogP contribution in [0.25, 0.3) is 0 Å². The summed E-state index contributed by atoms with van der Waals surface area (Å²) in [7, 11) is 0. The number of nitrogens with one attached hydrogen (secondary N) is 1. The molecule has 1 heterocycles. The van der Waals surface area contributed by atoms with Gasteiger partial charge < -0.3 is 5.32 Å². The predicted molar refractivity (Wildman–Crippen MR) is 79.6 cm³/mol. The summed E-state index contributed by atoms with van der Waals surface area (Å²) in [5.74, 6) is -0.170. The van der Waals surface area contributed by atoms with Crippen molar-refractivity contribution in [2.45, 2.75) is 39.0 Å². The van der Waals surface area contributed by atoms with E-state index in [0.717, 1.165) is 44.3 Å². The molecule has 2 nitrogen and oxygen atoms in total. The first kappa shape index (κ1) is 15.5. The average molecular weight is 298 g/mol. The molecule has 1 fully saturated rings. The number of hydrogen-bond donors (Lipinski definition) is 1. The van der Waals surface area contributed by atoms with Gasteiger partial charge in [0.2, 0.25) is 0 Å². The molecular weight excluding hydrogens is 277 g/mol. The maximum Gasteiger partial charge on any atom is 0.143 e. The van der Waals surface area contributed by atoms with E-state index < -0.39 is 5.82 Å². The Bertz CT molecular complexity index is 478. The molecule has 0 aromatic heterocycles. The van der Waals surface area contributed by atoms with E-state index in [1.54, 1.807) is 12.1 Å². The second-order valence-corrected chi connectivity index (χ2v) is 6.04. The van der Waals surface area contributed by atoms with Crippen molar-refractivity contribution in [2.24, 2.45) is 5.41 Å². The monoisotopic (exact) mass is 297 g/mol. The van der Waals surface area contributed by atoms with Crippen LogP contribution in [0.2, 0.25) is 5.02 Å². The number of hydrogen-bond acceptors (Lipinski definition) is 2. The highest BCUT2D eigenvalue weighted by Gasteiger charge is 2.37. The number of carbonyl (C=O) groups is 1. The van der Waals surface area contributed by atoms with Crippen molar-refractivity contribution in [3.63, 3.8) is 0 Å². The highest BCUT2D eigenvalue weighted by Crippen LogP contribution is 2.36. The Kier molecular flexibility index (Phi) is 5.17. The largest absolute Gasteiger partial charge is 0.317 e. The zero-order valence-electron chi connectivity index (χ0n) is 11.8. The van der Waals surface area contributed by atoms with Crippen LogP contribution in [0.1, 0.15) is 38.2 Å². The number of benzene rings is 1. The van der Waals surface area contributed by atoms with Crippen LogP contribution < -0.4 is 5.32 Å². The minimum absolute atomic E-state index is 0.0881. The van der Waals surface area contributed by atoms with E-state index in [9.17, 15) is 9.18 Å². The first-order chi connectivity index (χ1) is 9.57. The van der Waals surface area contributed by atoms with Gasteiger partial charge >= 0.3 is 0 Å². The van der Waals surface area contributed by atoms with Gasteiger partial charge in [0.05, 0.1) is 5.02 Å². The third-order valence-electron chi connectivity index (χ3n) is 4.23. The lowest BCUT2D eigenvalue weighted by atomic mass is 9.70. The lowest BCUT2D eigenvalue weighted by molar-refractivity contribution is -0.130. The zero-order chi connectivity index (χ0) is 14.6. The van der Waals surface area contributed by atoms with Gasteiger partial charge in [-0.15, -0.1) is 0 Å². The van der Waals surface area contributed by atoms with Crippen LogP contribution in [-0.2, 0) is 11.2 Å². The summed E-state index contributed by atoms with van der Waals surface area (Å²) in [5, 5.41) is 3.40. The molecule has 1 aromatic rings. The second kappa shape index (κ2) is 6.68. The van der Waals surface area contributed by atoms with Crippen molar-refractivity contribution >= 4 is 17.4 Å². The summed E-state index contributed by atoms with van der Waals surface area (Å²) < 4.78 is 13.2. The van der Waals surface area contributed by atoms with Gasteiger partial charge in [0.25, 0.3) is 0 Å². The molecular formula is C16H21ClFNO. The lowest BCUT2D eigenvalue weighted by Crippen LogP contribution is -2.42. The van der Waals surface area contributed by atoms with Gasteiger partial charge in [0, 0.05) is 11.8 Å². The molecule has 0 atom stereocenters. The Hall–Kier alpha value is -0.930. The summed E-state index contributed by atoms with van der Waals surface area (Å²) in [6.07, 6.45) is 4.08. The molecule has 0 spiro atoms. The third-order valence-corrected chi connectivity index (χ3v) is 4.52. The fourth-order valence-electron chi connectivity index (χ4n) is 3.07. The van der Waals surface area contributed by atoms with Crippen LogP contribution in [-0.4, -0.2) is 18.9 Å². The first-order valence-electron chi connectivity index (χ1n) is 7.25. The molecule has 1 saturated heterocycles. The fraction of sp³-hybridized carbons (Fsp3) is 0.562. The summed E-state index contributed by atoms with van der Waals surface area (Å²) in [5.41, 5.74) is 0.594. The second-order valence-electron chi connectivity index (χ2n) is 5.63. The van der Waals surface area contributed by atoms with Crippen LogP contribution in [0.5, 0.6) is 0 Å². The molecule has 0 unspecified atom stereocenters. The van der Waals surface area contributed by atoms with Gasteiger partial charge in [-0.1, -0.05) is 31.0 Å². The van der Waals surface area contributed by atoms with Crippen molar-refractivity contribution in [1.82, 2.24) is 5.32 Å². The summed E-state index contributed by atoms with van der Waals surface area (Å²) in [4.78, 5) is 12.7. The van der Waals surface area contributed by atoms with Gasteiger partial charge in [-0.2, -0.15) is 0 Å². The third kappa shape index (κ3) is 3.39. The van der Waals surface area contributed by atoms with Crippen molar-refractivity contribution in [2.75, 3.05) is 13.1 Å². The molecule has 2 rings (SSSR count). The van der Waals surface area contributed by atoms with E-state index in [4.69, 9.17) is 11.6 Å². The highest BCUT2D eigenvalue weighted by molar-refractivity contribution is 6.30. The Morgan fingerprint density at radius 3 is 2.70 bits per heavy atom. The number of carbonyl (C=O) groups excluding carboxylic acids is 1. The standard InChI is InChI=1S/C16H21ClFNO/c1-2-5-16(6-8-19-9-7-16)15(20)11-12-3-4-14(18)13(17)10-12/h3-4,10,19H,2,5-9,11H2,1H3. The Balaban J connectivity index is 2.13. The van der Waals surface area contributed by atoms with E-state index in [1.165, 1.54) is 6.07 Å². The normalized spacial score (nSPS) is 17.9. The SMILES string of the molecule is CCCC1(C(=O)Cc2ccc(F)c(Cl)c2)CCNCC1. The summed E-state index contributed by atoms with van der Waals surface area (Å²) in [6, 6.07) is 4.55. The maximum atomic E-state index is 13.2. The van der Waals surface area contributed by atoms with Crippen molar-refractivity contribution in [3.8, 4) is 0 Å². The van der Waals surface area contributed by atoms with Crippen molar-refractivity contribution < 1.29 is 9.18 Å². The number of rotatable bonds is 5. The minimum Gasteiger partial charge on any atom is -0.317 e. The van der Waals surface area contributed by atoms with Gasteiger partial charge in [-0.3, -0.25) is 4.79 Å². The smallest absolute Gasteiger partial charge is 0.143 e. The first-order valence-corrected chi connectivity index (χ1v) is 7.63. The number of halogens is 2. The van der Waals surface area contributed by atoms with E-state index in [-0.39, 0.29) is 16.2 Å². The molecule has 4 heteroatoms. The minimum atomic E-state index is -0.437. The molecule has 1 aromatic carbocycles. The van der Waals surface area contributed by atoms with Crippen molar-refractivity contribution in [3.05, 3.63) is 34.6 Å². The van der Waals surface area contributed by atoms with Crippen molar-refractivity contribution in [1.29, 1.82) is 0 Å². The number of Topliss-reactive ketones (excluding diaryl/α,β-unsaturated/α-hetero) is 1. The molecule has 0 radical (unpaired) electrons. The predicted octanol–water partition coefficient (Wildman–Crippen LogP) is 3.76.